The Labute approximate surface area is 122 Å². The van der Waals surface area contributed by atoms with Gasteiger partial charge in [-0.2, -0.15) is 0 Å². The van der Waals surface area contributed by atoms with E-state index in [4.69, 9.17) is 0 Å². The van der Waals surface area contributed by atoms with Crippen molar-refractivity contribution in [3.05, 3.63) is 35.0 Å². The maximum Gasteiger partial charge on any atom is 0.261 e. The molecule has 0 bridgehead atoms. The van der Waals surface area contributed by atoms with Gasteiger partial charge in [-0.05, 0) is 12.1 Å². The highest BCUT2D eigenvalue weighted by Crippen LogP contribution is 2.26. The van der Waals surface area contributed by atoms with E-state index < -0.39 is 0 Å². The first-order valence-electron chi connectivity index (χ1n) is 6.32. The van der Waals surface area contributed by atoms with Crippen LogP contribution in [0.1, 0.15) is 36.8 Å². The Hall–Kier alpha value is -1.95. The number of nitrogens with one attached hydrogen (secondary N) is 2. The third-order valence-electron chi connectivity index (χ3n) is 2.78. The standard InChI is InChI=1S/C14H18N4OS/c1-14(2,3)10-8-20-13(17-10)18-12(19)9-6-5-7-16-11(9)15-4/h5-8H,1-4H3,(H,15,16)(H,17,18,19). The molecule has 0 unspecified atom stereocenters. The first kappa shape index (κ1) is 14.5. The molecule has 5 nitrogen and oxygen atoms in total. The minimum atomic E-state index is -0.211. The van der Waals surface area contributed by atoms with Gasteiger partial charge in [0, 0.05) is 24.0 Å². The molecule has 2 aromatic rings. The fourth-order valence-corrected chi connectivity index (χ4v) is 2.56. The van der Waals surface area contributed by atoms with Crippen molar-refractivity contribution in [1.82, 2.24) is 9.97 Å². The van der Waals surface area contributed by atoms with E-state index in [9.17, 15) is 4.79 Å². The molecule has 0 atom stereocenters. The molecule has 1 amide bonds. The van der Waals surface area contributed by atoms with Crippen molar-refractivity contribution in [2.24, 2.45) is 0 Å². The second kappa shape index (κ2) is 5.58. The molecule has 0 aliphatic rings. The van der Waals surface area contributed by atoms with Crippen LogP contribution in [0.2, 0.25) is 0 Å². The van der Waals surface area contributed by atoms with Crippen LogP contribution in [0.3, 0.4) is 0 Å². The summed E-state index contributed by atoms with van der Waals surface area (Å²) in [4.78, 5) is 20.8. The molecule has 2 heterocycles. The quantitative estimate of drug-likeness (QED) is 0.911. The van der Waals surface area contributed by atoms with E-state index in [0.29, 0.717) is 16.5 Å². The van der Waals surface area contributed by atoms with Crippen molar-refractivity contribution in [3.8, 4) is 0 Å². The van der Waals surface area contributed by atoms with E-state index in [0.717, 1.165) is 5.69 Å². The molecular weight excluding hydrogens is 272 g/mol. The monoisotopic (exact) mass is 290 g/mol. The molecule has 0 aliphatic heterocycles. The normalized spacial score (nSPS) is 11.2. The highest BCUT2D eigenvalue weighted by molar-refractivity contribution is 7.14. The molecule has 6 heteroatoms. The first-order valence-corrected chi connectivity index (χ1v) is 7.20. The molecule has 106 valence electrons. The zero-order chi connectivity index (χ0) is 14.8. The van der Waals surface area contributed by atoms with Gasteiger partial charge in [0.15, 0.2) is 5.13 Å². The second-order valence-corrected chi connectivity index (χ2v) is 6.25. The number of hydrogen-bond donors (Lipinski definition) is 2. The number of hydrogen-bond acceptors (Lipinski definition) is 5. The molecule has 0 aliphatic carbocycles. The van der Waals surface area contributed by atoms with Crippen molar-refractivity contribution in [3.63, 3.8) is 0 Å². The second-order valence-electron chi connectivity index (χ2n) is 5.39. The highest BCUT2D eigenvalue weighted by atomic mass is 32.1. The maximum atomic E-state index is 12.2. The lowest BCUT2D eigenvalue weighted by Gasteiger charge is -2.14. The predicted octanol–water partition coefficient (Wildman–Crippen LogP) is 3.13. The highest BCUT2D eigenvalue weighted by Gasteiger charge is 2.19. The molecule has 20 heavy (non-hydrogen) atoms. The lowest BCUT2D eigenvalue weighted by Crippen LogP contribution is -2.15. The summed E-state index contributed by atoms with van der Waals surface area (Å²) in [6.07, 6.45) is 1.64. The summed E-state index contributed by atoms with van der Waals surface area (Å²) in [7, 11) is 1.74. The molecule has 0 saturated carbocycles. The molecule has 0 aromatic carbocycles. The van der Waals surface area contributed by atoms with E-state index in [1.54, 1.807) is 25.4 Å². The Kier molecular flexibility index (Phi) is 4.04. The van der Waals surface area contributed by atoms with Crippen LogP contribution in [0.5, 0.6) is 0 Å². The van der Waals surface area contributed by atoms with Crippen molar-refractivity contribution < 1.29 is 4.79 Å². The van der Waals surface area contributed by atoms with Gasteiger partial charge < -0.3 is 5.32 Å². The van der Waals surface area contributed by atoms with E-state index in [2.05, 4.69) is 41.4 Å². The lowest BCUT2D eigenvalue weighted by atomic mass is 9.93. The molecule has 0 radical (unpaired) electrons. The number of rotatable bonds is 3. The van der Waals surface area contributed by atoms with Crippen molar-refractivity contribution in [1.29, 1.82) is 0 Å². The summed E-state index contributed by atoms with van der Waals surface area (Å²) in [5.74, 6) is 0.342. The van der Waals surface area contributed by atoms with Crippen LogP contribution in [0.25, 0.3) is 0 Å². The molecule has 0 saturated heterocycles. The van der Waals surface area contributed by atoms with Gasteiger partial charge in [0.25, 0.3) is 5.91 Å². The van der Waals surface area contributed by atoms with Crippen molar-refractivity contribution in [2.75, 3.05) is 17.7 Å². The Morgan fingerprint density at radius 3 is 2.70 bits per heavy atom. The van der Waals surface area contributed by atoms with Crippen LogP contribution >= 0.6 is 11.3 Å². The van der Waals surface area contributed by atoms with Crippen LogP contribution in [-0.2, 0) is 5.41 Å². The van der Waals surface area contributed by atoms with Crippen molar-refractivity contribution in [2.45, 2.75) is 26.2 Å². The van der Waals surface area contributed by atoms with Crippen LogP contribution in [0, 0.1) is 0 Å². The minimum Gasteiger partial charge on any atom is -0.372 e. The third-order valence-corrected chi connectivity index (χ3v) is 3.54. The molecular formula is C14H18N4OS. The average molecular weight is 290 g/mol. The first-order chi connectivity index (χ1) is 9.41. The summed E-state index contributed by atoms with van der Waals surface area (Å²) < 4.78 is 0. The van der Waals surface area contributed by atoms with Gasteiger partial charge in [0.1, 0.15) is 5.82 Å². The summed E-state index contributed by atoms with van der Waals surface area (Å²) in [6, 6.07) is 3.46. The van der Waals surface area contributed by atoms with E-state index in [1.807, 2.05) is 5.38 Å². The third kappa shape index (κ3) is 3.14. The Bertz CT molecular complexity index is 616. The molecule has 2 aromatic heterocycles. The summed E-state index contributed by atoms with van der Waals surface area (Å²) in [5, 5.41) is 8.29. The molecule has 2 N–H and O–H groups in total. The molecule has 0 spiro atoms. The Morgan fingerprint density at radius 1 is 1.35 bits per heavy atom. The number of aromatic nitrogens is 2. The number of amides is 1. The smallest absolute Gasteiger partial charge is 0.261 e. The van der Waals surface area contributed by atoms with Gasteiger partial charge in [-0.15, -0.1) is 11.3 Å². The van der Waals surface area contributed by atoms with Gasteiger partial charge >= 0.3 is 0 Å². The van der Waals surface area contributed by atoms with Gasteiger partial charge in [0.2, 0.25) is 0 Å². The summed E-state index contributed by atoms with van der Waals surface area (Å²) in [5.41, 5.74) is 1.45. The number of pyridine rings is 1. The SMILES string of the molecule is CNc1ncccc1C(=O)Nc1nc(C(C)(C)C)cs1. The summed E-state index contributed by atoms with van der Waals surface area (Å²) in [6.45, 7) is 6.27. The fraction of sp³-hybridized carbons (Fsp3) is 0.357. The van der Waals surface area contributed by atoms with Crippen LogP contribution in [0.4, 0.5) is 10.9 Å². The van der Waals surface area contributed by atoms with Crippen LogP contribution in [0.15, 0.2) is 23.7 Å². The predicted molar refractivity (Wildman–Crippen MR) is 82.6 cm³/mol. The van der Waals surface area contributed by atoms with Gasteiger partial charge in [-0.3, -0.25) is 10.1 Å². The zero-order valence-corrected chi connectivity index (χ0v) is 12.8. The fourth-order valence-electron chi connectivity index (χ4n) is 1.63. The number of nitrogens with zero attached hydrogens (tertiary/aromatic N) is 2. The van der Waals surface area contributed by atoms with E-state index in [1.165, 1.54) is 11.3 Å². The number of thiazole rings is 1. The minimum absolute atomic E-state index is 0.0239. The van der Waals surface area contributed by atoms with Gasteiger partial charge in [-0.1, -0.05) is 20.8 Å². The Morgan fingerprint density at radius 2 is 2.10 bits per heavy atom. The van der Waals surface area contributed by atoms with Crippen LogP contribution < -0.4 is 10.6 Å². The zero-order valence-electron chi connectivity index (χ0n) is 12.0. The van der Waals surface area contributed by atoms with E-state index >= 15 is 0 Å². The number of anilines is 2. The van der Waals surface area contributed by atoms with Crippen LogP contribution in [-0.4, -0.2) is 22.9 Å². The topological polar surface area (TPSA) is 66.9 Å². The van der Waals surface area contributed by atoms with Gasteiger partial charge in [0.05, 0.1) is 11.3 Å². The number of carbonyl (C=O) groups excluding carboxylic acids is 1. The largest absolute Gasteiger partial charge is 0.372 e. The van der Waals surface area contributed by atoms with Crippen molar-refractivity contribution >= 4 is 28.2 Å². The Balaban J connectivity index is 2.18. The maximum absolute atomic E-state index is 12.2. The lowest BCUT2D eigenvalue weighted by molar-refractivity contribution is 0.102. The molecule has 0 fully saturated rings. The van der Waals surface area contributed by atoms with Gasteiger partial charge in [-0.25, -0.2) is 9.97 Å². The average Bonchev–Trinajstić information content (AvgIpc) is 2.87. The van der Waals surface area contributed by atoms with E-state index in [-0.39, 0.29) is 11.3 Å². The molecule has 2 rings (SSSR count). The number of carbonyl (C=O) groups is 1. The summed E-state index contributed by atoms with van der Waals surface area (Å²) >= 11 is 1.43.